The van der Waals surface area contributed by atoms with E-state index in [0.717, 1.165) is 11.1 Å². The predicted octanol–water partition coefficient (Wildman–Crippen LogP) is 1.79. The van der Waals surface area contributed by atoms with Gasteiger partial charge in [-0.1, -0.05) is 24.3 Å². The molecule has 116 valence electrons. The average Bonchev–Trinajstić information content (AvgIpc) is 2.38. The summed E-state index contributed by atoms with van der Waals surface area (Å²) in [6, 6.07) is 7.62. The lowest BCUT2D eigenvalue weighted by Crippen LogP contribution is -2.31. The van der Waals surface area contributed by atoms with Crippen LogP contribution in [0.1, 0.15) is 31.9 Å². The van der Waals surface area contributed by atoms with Crippen molar-refractivity contribution in [1.82, 2.24) is 5.43 Å². The molecular formula is C15H22N2O3S. The van der Waals surface area contributed by atoms with Crippen molar-refractivity contribution in [2.75, 3.05) is 5.75 Å². The van der Waals surface area contributed by atoms with E-state index >= 15 is 0 Å². The highest BCUT2D eigenvalue weighted by molar-refractivity contribution is 7.99. The maximum atomic E-state index is 11.6. The van der Waals surface area contributed by atoms with E-state index in [-0.39, 0.29) is 24.1 Å². The van der Waals surface area contributed by atoms with Crippen molar-refractivity contribution < 1.29 is 14.3 Å². The van der Waals surface area contributed by atoms with Gasteiger partial charge in [-0.25, -0.2) is 5.84 Å². The van der Waals surface area contributed by atoms with Crippen molar-refractivity contribution in [3.8, 4) is 0 Å². The van der Waals surface area contributed by atoms with Crippen LogP contribution in [0, 0.1) is 0 Å². The zero-order chi connectivity index (χ0) is 15.9. The molecule has 0 aliphatic rings. The second-order valence-corrected chi connectivity index (χ2v) is 6.58. The van der Waals surface area contributed by atoms with E-state index in [1.165, 1.54) is 11.8 Å². The van der Waals surface area contributed by atoms with Crippen LogP contribution in [0.5, 0.6) is 0 Å². The first-order valence-electron chi connectivity index (χ1n) is 6.67. The molecule has 1 aromatic rings. The zero-order valence-electron chi connectivity index (χ0n) is 12.6. The van der Waals surface area contributed by atoms with Crippen LogP contribution in [0.15, 0.2) is 24.3 Å². The van der Waals surface area contributed by atoms with E-state index in [1.54, 1.807) is 0 Å². The van der Waals surface area contributed by atoms with Gasteiger partial charge in [-0.2, -0.15) is 0 Å². The Bertz CT molecular complexity index is 498. The largest absolute Gasteiger partial charge is 0.459 e. The first kappa shape index (κ1) is 17.5. The number of carbonyl (C=O) groups is 2. The summed E-state index contributed by atoms with van der Waals surface area (Å²) in [5.41, 5.74) is 3.59. The maximum absolute atomic E-state index is 11.6. The molecule has 0 heterocycles. The predicted molar refractivity (Wildman–Crippen MR) is 84.5 cm³/mol. The number of esters is 1. The molecule has 6 heteroatoms. The van der Waals surface area contributed by atoms with Crippen molar-refractivity contribution in [3.05, 3.63) is 35.4 Å². The number of hydrazine groups is 1. The Balaban J connectivity index is 2.52. The van der Waals surface area contributed by atoms with Gasteiger partial charge in [0.15, 0.2) is 0 Å². The van der Waals surface area contributed by atoms with Crippen LogP contribution in [0.25, 0.3) is 0 Å². The lowest BCUT2D eigenvalue weighted by Gasteiger charge is -2.19. The standard InChI is InChI=1S/C15H22N2O3S/c1-15(2,3)20-14(19)10-21-9-12-7-5-4-6-11(12)8-13(18)17-16/h4-7H,8-10,16H2,1-3H3,(H,17,18). The van der Waals surface area contributed by atoms with E-state index < -0.39 is 5.60 Å². The third-order valence-electron chi connectivity index (χ3n) is 2.53. The normalized spacial score (nSPS) is 11.0. The fourth-order valence-corrected chi connectivity index (χ4v) is 2.54. The molecule has 3 N–H and O–H groups in total. The monoisotopic (exact) mass is 310 g/mol. The van der Waals surface area contributed by atoms with Crippen molar-refractivity contribution in [1.29, 1.82) is 0 Å². The summed E-state index contributed by atoms with van der Waals surface area (Å²) in [4.78, 5) is 23.0. The van der Waals surface area contributed by atoms with Gasteiger partial charge in [-0.05, 0) is 31.9 Å². The van der Waals surface area contributed by atoms with Gasteiger partial charge in [0, 0.05) is 5.75 Å². The molecule has 0 spiro atoms. The Morgan fingerprint density at radius 3 is 2.43 bits per heavy atom. The summed E-state index contributed by atoms with van der Waals surface area (Å²) < 4.78 is 5.25. The van der Waals surface area contributed by atoms with E-state index in [0.29, 0.717) is 5.75 Å². The highest BCUT2D eigenvalue weighted by Crippen LogP contribution is 2.18. The summed E-state index contributed by atoms with van der Waals surface area (Å²) in [6.45, 7) is 5.53. The number of nitrogens with one attached hydrogen (secondary N) is 1. The third kappa shape index (κ3) is 7.15. The Morgan fingerprint density at radius 2 is 1.86 bits per heavy atom. The molecule has 0 unspecified atom stereocenters. The molecule has 0 saturated heterocycles. The molecule has 0 saturated carbocycles. The van der Waals surface area contributed by atoms with Crippen molar-refractivity contribution in [2.24, 2.45) is 5.84 Å². The van der Waals surface area contributed by atoms with Gasteiger partial charge in [-0.3, -0.25) is 15.0 Å². The minimum Gasteiger partial charge on any atom is -0.459 e. The van der Waals surface area contributed by atoms with Crippen LogP contribution >= 0.6 is 11.8 Å². The highest BCUT2D eigenvalue weighted by atomic mass is 32.2. The Morgan fingerprint density at radius 1 is 1.24 bits per heavy atom. The second-order valence-electron chi connectivity index (χ2n) is 5.59. The fourth-order valence-electron chi connectivity index (χ4n) is 1.71. The number of hydrogen-bond acceptors (Lipinski definition) is 5. The highest BCUT2D eigenvalue weighted by Gasteiger charge is 2.16. The van der Waals surface area contributed by atoms with Gasteiger partial charge in [0.05, 0.1) is 12.2 Å². The molecule has 1 amide bonds. The summed E-state index contributed by atoms with van der Waals surface area (Å²) in [5, 5.41) is 0. The molecule has 0 bridgehead atoms. The number of ether oxygens (including phenoxy) is 1. The second kappa shape index (κ2) is 8.05. The molecule has 0 fully saturated rings. The lowest BCUT2D eigenvalue weighted by atomic mass is 10.1. The number of rotatable bonds is 6. The quantitative estimate of drug-likeness (QED) is 0.362. The molecular weight excluding hydrogens is 288 g/mol. The number of nitrogens with two attached hydrogens (primary N) is 1. The minimum atomic E-state index is -0.464. The van der Waals surface area contributed by atoms with Crippen LogP contribution in [0.2, 0.25) is 0 Å². The fraction of sp³-hybridized carbons (Fsp3) is 0.467. The van der Waals surface area contributed by atoms with Crippen LogP contribution in [0.3, 0.4) is 0 Å². The lowest BCUT2D eigenvalue weighted by molar-refractivity contribution is -0.151. The molecule has 0 aliphatic carbocycles. The van der Waals surface area contributed by atoms with Gasteiger partial charge in [0.1, 0.15) is 5.60 Å². The Kier molecular flexibility index (Phi) is 6.71. The van der Waals surface area contributed by atoms with Gasteiger partial charge < -0.3 is 4.74 Å². The first-order valence-corrected chi connectivity index (χ1v) is 7.83. The van der Waals surface area contributed by atoms with E-state index in [4.69, 9.17) is 10.6 Å². The first-order chi connectivity index (χ1) is 9.81. The smallest absolute Gasteiger partial charge is 0.316 e. The maximum Gasteiger partial charge on any atom is 0.316 e. The van der Waals surface area contributed by atoms with Gasteiger partial charge in [0.2, 0.25) is 5.91 Å². The van der Waals surface area contributed by atoms with Gasteiger partial charge >= 0.3 is 5.97 Å². The molecule has 5 nitrogen and oxygen atoms in total. The molecule has 0 radical (unpaired) electrons. The van der Waals surface area contributed by atoms with E-state index in [2.05, 4.69) is 5.43 Å². The van der Waals surface area contributed by atoms with Gasteiger partial charge in [-0.15, -0.1) is 11.8 Å². The summed E-state index contributed by atoms with van der Waals surface area (Å²) >= 11 is 1.47. The molecule has 0 aliphatic heterocycles. The summed E-state index contributed by atoms with van der Waals surface area (Å²) in [7, 11) is 0. The van der Waals surface area contributed by atoms with Gasteiger partial charge in [0.25, 0.3) is 0 Å². The zero-order valence-corrected chi connectivity index (χ0v) is 13.5. The van der Waals surface area contributed by atoms with Crippen molar-refractivity contribution in [3.63, 3.8) is 0 Å². The van der Waals surface area contributed by atoms with Crippen LogP contribution in [-0.2, 0) is 26.5 Å². The summed E-state index contributed by atoms with van der Waals surface area (Å²) in [5.74, 6) is 5.57. The van der Waals surface area contributed by atoms with Crippen molar-refractivity contribution in [2.45, 2.75) is 38.5 Å². The molecule has 0 atom stereocenters. The topological polar surface area (TPSA) is 81.4 Å². The number of hydrogen-bond donors (Lipinski definition) is 2. The molecule has 21 heavy (non-hydrogen) atoms. The minimum absolute atomic E-state index is 0.232. The number of amides is 1. The Labute approximate surface area is 129 Å². The SMILES string of the molecule is CC(C)(C)OC(=O)CSCc1ccccc1CC(=O)NN. The molecule has 1 aromatic carbocycles. The summed E-state index contributed by atoms with van der Waals surface area (Å²) in [6.07, 6.45) is 0.236. The average molecular weight is 310 g/mol. The number of benzene rings is 1. The van der Waals surface area contributed by atoms with Crippen molar-refractivity contribution >= 4 is 23.6 Å². The molecule has 1 rings (SSSR count). The van der Waals surface area contributed by atoms with Crippen LogP contribution in [0.4, 0.5) is 0 Å². The number of thioether (sulfide) groups is 1. The van der Waals surface area contributed by atoms with Crippen LogP contribution in [-0.4, -0.2) is 23.2 Å². The van der Waals surface area contributed by atoms with Crippen LogP contribution < -0.4 is 11.3 Å². The Hall–Kier alpha value is -1.53. The number of carbonyl (C=O) groups excluding carboxylic acids is 2. The van der Waals surface area contributed by atoms with E-state index in [1.807, 2.05) is 45.0 Å². The molecule has 0 aromatic heterocycles. The third-order valence-corrected chi connectivity index (χ3v) is 3.48. The van der Waals surface area contributed by atoms with E-state index in [9.17, 15) is 9.59 Å².